The van der Waals surface area contributed by atoms with Gasteiger partial charge in [0.05, 0.1) is 9.26 Å². The summed E-state index contributed by atoms with van der Waals surface area (Å²) in [6.07, 6.45) is 5.16. The molecule has 1 aliphatic carbocycles. The molecule has 0 bridgehead atoms. The highest BCUT2D eigenvalue weighted by Crippen LogP contribution is 2.34. The lowest BCUT2D eigenvalue weighted by Gasteiger charge is -2.16. The molecule has 0 spiro atoms. The molecule has 0 atom stereocenters. The first kappa shape index (κ1) is 14.0. The molecular weight excluding hydrogens is 337 g/mol. The summed E-state index contributed by atoms with van der Waals surface area (Å²) in [5.41, 5.74) is 1.20. The van der Waals surface area contributed by atoms with Crippen molar-refractivity contribution >= 4 is 28.4 Å². The Morgan fingerprint density at radius 1 is 1.28 bits per heavy atom. The predicted octanol–water partition coefficient (Wildman–Crippen LogP) is 4.29. The summed E-state index contributed by atoms with van der Waals surface area (Å²) in [5.74, 6) is 3.13. The van der Waals surface area contributed by atoms with Gasteiger partial charge in [-0.05, 0) is 48.3 Å². The van der Waals surface area contributed by atoms with Crippen LogP contribution in [0.2, 0.25) is 0 Å². The third-order valence-corrected chi connectivity index (χ3v) is 4.57. The number of rotatable bonds is 4. The molecule has 1 heterocycles. The minimum atomic E-state index is 0.456. The molecule has 3 nitrogen and oxygen atoms in total. The summed E-state index contributed by atoms with van der Waals surface area (Å²) < 4.78 is 1.19. The second-order valence-corrected chi connectivity index (χ2v) is 6.37. The summed E-state index contributed by atoms with van der Waals surface area (Å²) >= 11 is 2.37. The molecule has 2 rings (SSSR count). The summed E-state index contributed by atoms with van der Waals surface area (Å²) in [5, 5.41) is 3.38. The lowest BCUT2D eigenvalue weighted by molar-refractivity contribution is 0.651. The molecule has 1 fully saturated rings. The highest BCUT2D eigenvalue weighted by atomic mass is 127. The van der Waals surface area contributed by atoms with E-state index in [2.05, 4.69) is 48.7 Å². The van der Waals surface area contributed by atoms with Gasteiger partial charge in [-0.3, -0.25) is 0 Å². The van der Waals surface area contributed by atoms with Gasteiger partial charge < -0.3 is 5.32 Å². The molecule has 18 heavy (non-hydrogen) atoms. The Hall–Kier alpha value is -0.390. The zero-order valence-corrected chi connectivity index (χ0v) is 13.6. The number of aromatic nitrogens is 2. The van der Waals surface area contributed by atoms with Crippen molar-refractivity contribution in [3.63, 3.8) is 0 Å². The fourth-order valence-corrected chi connectivity index (χ4v) is 3.57. The predicted molar refractivity (Wildman–Crippen MR) is 84.2 cm³/mol. The van der Waals surface area contributed by atoms with Crippen molar-refractivity contribution in [2.45, 2.75) is 58.3 Å². The second kappa shape index (κ2) is 6.17. The Morgan fingerprint density at radius 3 is 2.50 bits per heavy atom. The van der Waals surface area contributed by atoms with E-state index in [9.17, 15) is 0 Å². The van der Waals surface area contributed by atoms with E-state index in [0.29, 0.717) is 11.8 Å². The van der Waals surface area contributed by atoms with Crippen LogP contribution in [0.15, 0.2) is 0 Å². The summed E-state index contributed by atoms with van der Waals surface area (Å²) in [7, 11) is 0. The van der Waals surface area contributed by atoms with Crippen molar-refractivity contribution < 1.29 is 0 Å². The minimum Gasteiger partial charge on any atom is -0.369 e. The van der Waals surface area contributed by atoms with Crippen LogP contribution in [0, 0.1) is 3.57 Å². The molecule has 1 aromatic rings. The van der Waals surface area contributed by atoms with Crippen molar-refractivity contribution in [3.8, 4) is 0 Å². The van der Waals surface area contributed by atoms with Crippen molar-refractivity contribution in [1.82, 2.24) is 9.97 Å². The number of anilines is 1. The van der Waals surface area contributed by atoms with Crippen LogP contribution in [0.3, 0.4) is 0 Å². The maximum absolute atomic E-state index is 4.84. The zero-order chi connectivity index (χ0) is 13.1. The van der Waals surface area contributed by atoms with E-state index >= 15 is 0 Å². The maximum Gasteiger partial charge on any atom is 0.143 e. The maximum atomic E-state index is 4.84. The quantitative estimate of drug-likeness (QED) is 0.815. The molecule has 1 aliphatic rings. The molecule has 1 aromatic heterocycles. The van der Waals surface area contributed by atoms with Gasteiger partial charge in [-0.2, -0.15) is 0 Å². The number of nitrogens with one attached hydrogen (secondary N) is 1. The van der Waals surface area contributed by atoms with E-state index in [0.717, 1.165) is 18.2 Å². The Kier molecular flexibility index (Phi) is 4.81. The second-order valence-electron chi connectivity index (χ2n) is 5.30. The highest BCUT2D eigenvalue weighted by molar-refractivity contribution is 14.1. The largest absolute Gasteiger partial charge is 0.369 e. The molecule has 0 unspecified atom stereocenters. The molecule has 0 saturated heterocycles. The molecule has 1 saturated carbocycles. The third-order valence-electron chi connectivity index (χ3n) is 3.51. The van der Waals surface area contributed by atoms with Crippen LogP contribution in [0.5, 0.6) is 0 Å². The monoisotopic (exact) mass is 359 g/mol. The molecule has 0 amide bonds. The average molecular weight is 359 g/mol. The fraction of sp³-hybridized carbons (Fsp3) is 0.714. The SMILES string of the molecule is CCNc1nc(C2CCCC2)nc(C(C)C)c1I. The Labute approximate surface area is 123 Å². The molecule has 0 aromatic carbocycles. The Balaban J connectivity index is 2.40. The molecule has 100 valence electrons. The van der Waals surface area contributed by atoms with Crippen LogP contribution in [0.4, 0.5) is 5.82 Å². The van der Waals surface area contributed by atoms with Crippen LogP contribution < -0.4 is 5.32 Å². The van der Waals surface area contributed by atoms with Gasteiger partial charge in [0.25, 0.3) is 0 Å². The number of hydrogen-bond donors (Lipinski definition) is 1. The summed E-state index contributed by atoms with van der Waals surface area (Å²) in [6.45, 7) is 7.44. The molecule has 0 radical (unpaired) electrons. The van der Waals surface area contributed by atoms with E-state index in [-0.39, 0.29) is 0 Å². The molecule has 4 heteroatoms. The van der Waals surface area contributed by atoms with Crippen molar-refractivity contribution in [2.24, 2.45) is 0 Å². The topological polar surface area (TPSA) is 37.8 Å². The fourth-order valence-electron chi connectivity index (χ4n) is 2.52. The van der Waals surface area contributed by atoms with E-state index in [1.165, 1.54) is 34.9 Å². The summed E-state index contributed by atoms with van der Waals surface area (Å²) in [6, 6.07) is 0. The van der Waals surface area contributed by atoms with Gasteiger partial charge in [0.1, 0.15) is 11.6 Å². The van der Waals surface area contributed by atoms with Gasteiger partial charge >= 0.3 is 0 Å². The minimum absolute atomic E-state index is 0.456. The van der Waals surface area contributed by atoms with Crippen LogP contribution in [-0.4, -0.2) is 16.5 Å². The molecular formula is C14H22IN3. The van der Waals surface area contributed by atoms with Crippen LogP contribution in [0.1, 0.15) is 69.8 Å². The van der Waals surface area contributed by atoms with Gasteiger partial charge in [-0.25, -0.2) is 9.97 Å². The normalized spacial score (nSPS) is 16.5. The lowest BCUT2D eigenvalue weighted by Crippen LogP contribution is -2.12. The zero-order valence-electron chi connectivity index (χ0n) is 11.5. The molecule has 1 N–H and O–H groups in total. The van der Waals surface area contributed by atoms with Gasteiger partial charge in [0, 0.05) is 12.5 Å². The number of hydrogen-bond acceptors (Lipinski definition) is 3. The first-order valence-electron chi connectivity index (χ1n) is 6.94. The van der Waals surface area contributed by atoms with Crippen LogP contribution in [-0.2, 0) is 0 Å². The lowest BCUT2D eigenvalue weighted by atomic mass is 10.1. The van der Waals surface area contributed by atoms with Crippen molar-refractivity contribution in [1.29, 1.82) is 0 Å². The van der Waals surface area contributed by atoms with Gasteiger partial charge in [0.2, 0.25) is 0 Å². The first-order valence-corrected chi connectivity index (χ1v) is 8.02. The van der Waals surface area contributed by atoms with E-state index < -0.39 is 0 Å². The Bertz CT molecular complexity index is 412. The standard InChI is InChI=1S/C14H22IN3/c1-4-16-14-11(15)12(9(2)3)17-13(18-14)10-7-5-6-8-10/h9-10H,4-8H2,1-3H3,(H,16,17,18). The molecule has 0 aliphatic heterocycles. The van der Waals surface area contributed by atoms with Crippen molar-refractivity contribution in [2.75, 3.05) is 11.9 Å². The van der Waals surface area contributed by atoms with Crippen LogP contribution in [0.25, 0.3) is 0 Å². The smallest absolute Gasteiger partial charge is 0.143 e. The van der Waals surface area contributed by atoms with E-state index in [1.54, 1.807) is 0 Å². The first-order chi connectivity index (χ1) is 8.63. The highest BCUT2D eigenvalue weighted by Gasteiger charge is 2.23. The van der Waals surface area contributed by atoms with E-state index in [4.69, 9.17) is 9.97 Å². The third kappa shape index (κ3) is 2.95. The van der Waals surface area contributed by atoms with Gasteiger partial charge in [-0.1, -0.05) is 26.7 Å². The average Bonchev–Trinajstić information content (AvgIpc) is 2.85. The number of halogens is 1. The Morgan fingerprint density at radius 2 is 1.94 bits per heavy atom. The van der Waals surface area contributed by atoms with Crippen LogP contribution >= 0.6 is 22.6 Å². The van der Waals surface area contributed by atoms with Gasteiger partial charge in [0.15, 0.2) is 0 Å². The number of nitrogens with zero attached hydrogens (tertiary/aromatic N) is 2. The summed E-state index contributed by atoms with van der Waals surface area (Å²) in [4.78, 5) is 9.60. The van der Waals surface area contributed by atoms with E-state index in [1.807, 2.05) is 0 Å². The van der Waals surface area contributed by atoms with Gasteiger partial charge in [-0.15, -0.1) is 0 Å². The van der Waals surface area contributed by atoms with Crippen molar-refractivity contribution in [3.05, 3.63) is 15.1 Å².